The first-order valence-corrected chi connectivity index (χ1v) is 6.56. The molecule has 0 amide bonds. The fourth-order valence-electron chi connectivity index (χ4n) is 1.94. The van der Waals surface area contributed by atoms with E-state index in [2.05, 4.69) is 27.7 Å². The number of nitrogens with zero attached hydrogens (tertiary/aromatic N) is 3. The smallest absolute Gasteiger partial charge is 0.0897 e. The molecule has 0 bridgehead atoms. The van der Waals surface area contributed by atoms with Gasteiger partial charge in [-0.25, -0.2) is 4.98 Å². The van der Waals surface area contributed by atoms with Crippen LogP contribution in [0.25, 0.3) is 0 Å². The van der Waals surface area contributed by atoms with Crippen molar-refractivity contribution in [3.8, 4) is 0 Å². The lowest BCUT2D eigenvalue weighted by molar-refractivity contribution is 0.580. The summed E-state index contributed by atoms with van der Waals surface area (Å²) in [6.07, 6.45) is 2.85. The van der Waals surface area contributed by atoms with Crippen LogP contribution in [-0.2, 0) is 13.5 Å². The Morgan fingerprint density at radius 2 is 2.24 bits per heavy atom. The highest BCUT2D eigenvalue weighted by atomic mass is 32.1. The van der Waals surface area contributed by atoms with Gasteiger partial charge < -0.3 is 5.32 Å². The second kappa shape index (κ2) is 4.98. The number of aromatic nitrogens is 3. The Balaban J connectivity index is 2.19. The number of hydrogen-bond acceptors (Lipinski definition) is 4. The Kier molecular flexibility index (Phi) is 3.59. The molecule has 2 rings (SSSR count). The number of aryl methyl sites for hydroxylation is 2. The molecule has 1 atom stereocenters. The van der Waals surface area contributed by atoms with Gasteiger partial charge in [-0.1, -0.05) is 0 Å². The minimum Gasteiger partial charge on any atom is -0.313 e. The third-order valence-electron chi connectivity index (χ3n) is 3.08. The van der Waals surface area contributed by atoms with Crippen molar-refractivity contribution in [2.45, 2.75) is 26.3 Å². The minimum atomic E-state index is 0.283. The highest BCUT2D eigenvalue weighted by Gasteiger charge is 2.16. The van der Waals surface area contributed by atoms with Crippen LogP contribution in [0.15, 0.2) is 11.6 Å². The average molecular weight is 250 g/mol. The SMILES string of the molecule is CNC(Cc1csc(C)n1)c1cnn(C)c1C. The van der Waals surface area contributed by atoms with Crippen LogP contribution >= 0.6 is 11.3 Å². The summed E-state index contributed by atoms with van der Waals surface area (Å²) in [5.74, 6) is 0. The Hall–Kier alpha value is -1.20. The van der Waals surface area contributed by atoms with Gasteiger partial charge in [-0.3, -0.25) is 4.68 Å². The Bertz CT molecular complexity index is 500. The summed E-state index contributed by atoms with van der Waals surface area (Å²) >= 11 is 1.70. The summed E-state index contributed by atoms with van der Waals surface area (Å²) in [4.78, 5) is 4.51. The number of nitrogens with one attached hydrogen (secondary N) is 1. The van der Waals surface area contributed by atoms with Gasteiger partial charge in [0.25, 0.3) is 0 Å². The van der Waals surface area contributed by atoms with Crippen molar-refractivity contribution in [2.24, 2.45) is 7.05 Å². The molecule has 2 heterocycles. The molecule has 0 radical (unpaired) electrons. The molecule has 0 saturated carbocycles. The first kappa shape index (κ1) is 12.3. The molecule has 0 aliphatic rings. The molecule has 2 aromatic rings. The van der Waals surface area contributed by atoms with E-state index in [1.807, 2.05) is 31.9 Å². The predicted octanol–water partition coefficient (Wildman–Crippen LogP) is 2.00. The van der Waals surface area contributed by atoms with Crippen molar-refractivity contribution in [3.63, 3.8) is 0 Å². The zero-order valence-corrected chi connectivity index (χ0v) is 11.5. The first-order chi connectivity index (χ1) is 8.11. The molecule has 17 heavy (non-hydrogen) atoms. The molecule has 1 N–H and O–H groups in total. The van der Waals surface area contributed by atoms with Crippen molar-refractivity contribution in [2.75, 3.05) is 7.05 Å². The first-order valence-electron chi connectivity index (χ1n) is 5.68. The maximum Gasteiger partial charge on any atom is 0.0897 e. The molecule has 0 spiro atoms. The van der Waals surface area contributed by atoms with Gasteiger partial charge in [-0.2, -0.15) is 5.10 Å². The maximum atomic E-state index is 4.51. The monoisotopic (exact) mass is 250 g/mol. The predicted molar refractivity (Wildman–Crippen MR) is 70.3 cm³/mol. The van der Waals surface area contributed by atoms with Crippen molar-refractivity contribution >= 4 is 11.3 Å². The summed E-state index contributed by atoms with van der Waals surface area (Å²) in [5, 5.41) is 10.9. The molecular weight excluding hydrogens is 232 g/mol. The maximum absolute atomic E-state index is 4.51. The summed E-state index contributed by atoms with van der Waals surface area (Å²) in [6, 6.07) is 0.283. The number of hydrogen-bond donors (Lipinski definition) is 1. The Labute approximate surface area is 106 Å². The molecule has 92 valence electrons. The van der Waals surface area contributed by atoms with Gasteiger partial charge in [0.15, 0.2) is 0 Å². The van der Waals surface area contributed by atoms with Crippen LogP contribution in [0.2, 0.25) is 0 Å². The highest BCUT2D eigenvalue weighted by molar-refractivity contribution is 7.09. The quantitative estimate of drug-likeness (QED) is 0.902. The lowest BCUT2D eigenvalue weighted by Crippen LogP contribution is -2.19. The molecule has 0 saturated heterocycles. The van der Waals surface area contributed by atoms with Crippen molar-refractivity contribution in [3.05, 3.63) is 33.5 Å². The molecule has 1 unspecified atom stereocenters. The van der Waals surface area contributed by atoms with E-state index in [1.54, 1.807) is 11.3 Å². The number of thiazole rings is 1. The lowest BCUT2D eigenvalue weighted by Gasteiger charge is -2.14. The zero-order valence-electron chi connectivity index (χ0n) is 10.7. The van der Waals surface area contributed by atoms with Crippen LogP contribution in [0, 0.1) is 13.8 Å². The fraction of sp³-hybridized carbons (Fsp3) is 0.500. The van der Waals surface area contributed by atoms with Gasteiger partial charge in [0.05, 0.1) is 16.9 Å². The molecular formula is C12H18N4S. The van der Waals surface area contributed by atoms with Gasteiger partial charge in [-0.05, 0) is 20.9 Å². The van der Waals surface area contributed by atoms with Crippen LogP contribution in [0.3, 0.4) is 0 Å². The Morgan fingerprint density at radius 1 is 1.47 bits per heavy atom. The van der Waals surface area contributed by atoms with Crippen LogP contribution in [0.1, 0.15) is 28.0 Å². The van der Waals surface area contributed by atoms with E-state index in [-0.39, 0.29) is 6.04 Å². The van der Waals surface area contributed by atoms with E-state index < -0.39 is 0 Å². The van der Waals surface area contributed by atoms with Gasteiger partial charge in [0, 0.05) is 36.1 Å². The summed E-state index contributed by atoms with van der Waals surface area (Å²) in [7, 11) is 3.95. The molecule has 2 aromatic heterocycles. The highest BCUT2D eigenvalue weighted by Crippen LogP contribution is 2.21. The molecule has 0 fully saturated rings. The molecule has 0 aromatic carbocycles. The fourth-order valence-corrected chi connectivity index (χ4v) is 2.56. The second-order valence-corrected chi connectivity index (χ2v) is 5.27. The number of rotatable bonds is 4. The van der Waals surface area contributed by atoms with E-state index >= 15 is 0 Å². The average Bonchev–Trinajstić information content (AvgIpc) is 2.85. The van der Waals surface area contributed by atoms with Crippen LogP contribution < -0.4 is 5.32 Å². The van der Waals surface area contributed by atoms with Gasteiger partial charge in [0.1, 0.15) is 0 Å². The molecule has 4 nitrogen and oxygen atoms in total. The van der Waals surface area contributed by atoms with E-state index in [4.69, 9.17) is 0 Å². The van der Waals surface area contributed by atoms with E-state index in [0.717, 1.165) is 17.1 Å². The molecule has 0 aliphatic carbocycles. The summed E-state index contributed by atoms with van der Waals surface area (Å²) < 4.78 is 1.91. The van der Waals surface area contributed by atoms with Gasteiger partial charge in [-0.15, -0.1) is 11.3 Å². The van der Waals surface area contributed by atoms with Crippen LogP contribution in [-0.4, -0.2) is 21.8 Å². The number of likely N-dealkylation sites (N-methyl/N-ethyl adjacent to an activating group) is 1. The largest absolute Gasteiger partial charge is 0.313 e. The van der Waals surface area contributed by atoms with Crippen molar-refractivity contribution < 1.29 is 0 Å². The topological polar surface area (TPSA) is 42.7 Å². The normalized spacial score (nSPS) is 12.9. The van der Waals surface area contributed by atoms with Gasteiger partial charge in [0.2, 0.25) is 0 Å². The third-order valence-corrected chi connectivity index (χ3v) is 3.90. The lowest BCUT2D eigenvalue weighted by atomic mass is 10.0. The third kappa shape index (κ3) is 2.56. The zero-order chi connectivity index (χ0) is 12.4. The van der Waals surface area contributed by atoms with E-state index in [9.17, 15) is 0 Å². The van der Waals surface area contributed by atoms with Crippen molar-refractivity contribution in [1.82, 2.24) is 20.1 Å². The van der Waals surface area contributed by atoms with E-state index in [0.29, 0.717) is 0 Å². The van der Waals surface area contributed by atoms with Crippen LogP contribution in [0.5, 0.6) is 0 Å². The summed E-state index contributed by atoms with van der Waals surface area (Å²) in [5.41, 5.74) is 3.60. The second-order valence-electron chi connectivity index (χ2n) is 4.21. The molecule has 0 aliphatic heterocycles. The molecule has 5 heteroatoms. The standard InChI is InChI=1S/C12H18N4S/c1-8-11(6-14-16(8)4)12(13-3)5-10-7-17-9(2)15-10/h6-7,12-13H,5H2,1-4H3. The Morgan fingerprint density at radius 3 is 2.71 bits per heavy atom. The van der Waals surface area contributed by atoms with Crippen molar-refractivity contribution in [1.29, 1.82) is 0 Å². The van der Waals surface area contributed by atoms with Crippen LogP contribution in [0.4, 0.5) is 0 Å². The minimum absolute atomic E-state index is 0.283. The van der Waals surface area contributed by atoms with E-state index in [1.165, 1.54) is 11.3 Å². The van der Waals surface area contributed by atoms with Gasteiger partial charge >= 0.3 is 0 Å². The summed E-state index contributed by atoms with van der Waals surface area (Å²) in [6.45, 7) is 4.14.